The number of rotatable bonds is 21. The number of ether oxygens (including phenoxy) is 4. The van der Waals surface area contributed by atoms with Crippen molar-refractivity contribution in [2.45, 2.75) is 77.3 Å². The molecule has 0 heterocycles. The van der Waals surface area contributed by atoms with E-state index < -0.39 is 28.8 Å². The molecule has 12 nitrogen and oxygen atoms in total. The minimum absolute atomic E-state index is 0.00617. The van der Waals surface area contributed by atoms with Gasteiger partial charge in [-0.3, -0.25) is 9.59 Å². The molecule has 0 saturated heterocycles. The van der Waals surface area contributed by atoms with Gasteiger partial charge in [0.1, 0.15) is 18.9 Å². The van der Waals surface area contributed by atoms with Crippen molar-refractivity contribution in [2.24, 2.45) is 5.92 Å². The topological polar surface area (TPSA) is 153 Å². The Morgan fingerprint density at radius 3 is 2.43 bits per heavy atom. The number of halogens is 3. The van der Waals surface area contributed by atoms with E-state index in [9.17, 15) is 37.7 Å². The van der Waals surface area contributed by atoms with Gasteiger partial charge in [0.15, 0.2) is 11.5 Å². The van der Waals surface area contributed by atoms with Crippen molar-refractivity contribution >= 4 is 23.9 Å². The van der Waals surface area contributed by atoms with Gasteiger partial charge in [-0.1, -0.05) is 55.4 Å². The zero-order valence-corrected chi connectivity index (χ0v) is 30.6. The highest BCUT2D eigenvalue weighted by molar-refractivity contribution is 5.83. The first kappa shape index (κ1) is 44.8. The Hall–Kier alpha value is -5.34. The molecule has 3 rings (SSSR count). The van der Waals surface area contributed by atoms with Crippen LogP contribution in [0, 0.1) is 16.0 Å². The number of esters is 2. The van der Waals surface area contributed by atoms with Crippen LogP contribution in [-0.4, -0.2) is 56.4 Å². The maximum Gasteiger partial charge on any atom is 0.416 e. The summed E-state index contributed by atoms with van der Waals surface area (Å²) in [6.07, 6.45) is 15.0. The molecule has 1 aliphatic rings. The van der Waals surface area contributed by atoms with Crippen LogP contribution in [0.15, 0.2) is 72.8 Å². The summed E-state index contributed by atoms with van der Waals surface area (Å²) in [5, 5.41) is 11.6. The van der Waals surface area contributed by atoms with Crippen LogP contribution < -0.4 is 19.5 Å². The van der Waals surface area contributed by atoms with Crippen LogP contribution in [0.1, 0.15) is 82.3 Å². The van der Waals surface area contributed by atoms with Gasteiger partial charge in [0.05, 0.1) is 25.9 Å². The smallest absolute Gasteiger partial charge is 0.416 e. The molecule has 1 N–H and O–H groups in total. The lowest BCUT2D eigenvalue weighted by atomic mass is 10.1. The van der Waals surface area contributed by atoms with Crippen LogP contribution >= 0.6 is 0 Å². The number of amides is 1. The van der Waals surface area contributed by atoms with Gasteiger partial charge < -0.3 is 29.1 Å². The van der Waals surface area contributed by atoms with Crippen LogP contribution in [0.4, 0.5) is 13.2 Å². The summed E-state index contributed by atoms with van der Waals surface area (Å²) in [5.41, 5.74) is 0.0398. The molecule has 2 aromatic rings. The molecule has 15 heteroatoms. The number of carbonyl (C=O) groups excluding carboxylic acids is 3. The lowest BCUT2D eigenvalue weighted by molar-refractivity contribution is -0.757. The monoisotopic (exact) mass is 762 g/mol. The maximum absolute atomic E-state index is 12.5. The summed E-state index contributed by atoms with van der Waals surface area (Å²) in [4.78, 5) is 49.5. The molecule has 0 spiro atoms. The Bertz CT molecular complexity index is 1550. The van der Waals surface area contributed by atoms with E-state index in [0.29, 0.717) is 36.7 Å². The van der Waals surface area contributed by atoms with Crippen molar-refractivity contribution in [1.82, 2.24) is 5.32 Å². The molecular weight excluding hydrogens is 713 g/mol. The van der Waals surface area contributed by atoms with Gasteiger partial charge in [-0.25, -0.2) is 4.79 Å². The zero-order chi connectivity index (χ0) is 39.6. The largest absolute Gasteiger partial charge is 0.493 e. The Kier molecular flexibility index (Phi) is 21.3. The summed E-state index contributed by atoms with van der Waals surface area (Å²) >= 11 is 0. The molecule has 0 radical (unpaired) electrons. The van der Waals surface area contributed by atoms with Gasteiger partial charge in [0, 0.05) is 12.8 Å². The van der Waals surface area contributed by atoms with Crippen molar-refractivity contribution in [3.8, 4) is 17.2 Å². The van der Waals surface area contributed by atoms with Crippen LogP contribution in [0.25, 0.3) is 6.08 Å². The second-order valence-electron chi connectivity index (χ2n) is 12.0. The molecular formula is C39H49F3N2O10. The molecule has 1 amide bonds. The number of hydrogen-bond acceptors (Lipinski definition) is 10. The predicted octanol–water partition coefficient (Wildman–Crippen LogP) is 8.23. The second-order valence-corrected chi connectivity index (χ2v) is 12.0. The highest BCUT2D eigenvalue weighted by Crippen LogP contribution is 2.31. The number of unbranched alkanes of at least 4 members (excludes halogenated alkanes) is 1. The molecule has 0 unspecified atom stereocenters. The minimum atomic E-state index is -4.32. The number of hydrogen-bond donors (Lipinski definition) is 1. The first-order chi connectivity index (χ1) is 25.9. The maximum atomic E-state index is 12.5. The third kappa shape index (κ3) is 20.0. The first-order valence-electron chi connectivity index (χ1n) is 17.7. The summed E-state index contributed by atoms with van der Waals surface area (Å²) in [5.74, 6) is 0.128. The fraction of sp³-hybridized carbons (Fsp3) is 0.462. The summed E-state index contributed by atoms with van der Waals surface area (Å²) in [7, 11) is 1.43. The highest BCUT2D eigenvalue weighted by Gasteiger charge is 2.30. The fourth-order valence-corrected chi connectivity index (χ4v) is 5.04. The average Bonchev–Trinajstić information content (AvgIpc) is 3.67. The highest BCUT2D eigenvalue weighted by atomic mass is 19.4. The van der Waals surface area contributed by atoms with Crippen LogP contribution in [0.3, 0.4) is 0 Å². The molecule has 0 atom stereocenters. The van der Waals surface area contributed by atoms with E-state index in [1.165, 1.54) is 38.9 Å². The summed E-state index contributed by atoms with van der Waals surface area (Å²) in [6.45, 7) is 1.91. The number of allylic oxidation sites excluding steroid dienone is 3. The van der Waals surface area contributed by atoms with Crippen LogP contribution in [0.5, 0.6) is 17.2 Å². The standard InChI is InChI=1S/C23H30N2O9.C16H19F3O/c1-3-4-5-6-10-21(26)24-17-23(28)34-19-13-12-18(16-20(19)31-2)9-7-14-32-22(27)11-8-15-33-25(29)30;17-16(18,19)14-9-5-10-15(12-14)20-11-4-3-8-13-6-1-2-7-13/h3-4,7,9,12-13,16H,5-6,8,10-11,14-15,17H2,1-2H3,(H,24,26);3,5,8-10,12-13H,1-2,4,6-7,11H2/b4-3-,9-7+;8-3+. The van der Waals surface area contributed by atoms with E-state index in [4.69, 9.17) is 18.9 Å². The number of benzene rings is 2. The van der Waals surface area contributed by atoms with Crippen molar-refractivity contribution in [2.75, 3.05) is 33.5 Å². The van der Waals surface area contributed by atoms with Crippen molar-refractivity contribution < 1.29 is 56.4 Å². The second kappa shape index (κ2) is 25.6. The number of carbonyl (C=O) groups is 3. The van der Waals surface area contributed by atoms with Gasteiger partial charge in [-0.05, 0) is 93.3 Å². The Morgan fingerprint density at radius 2 is 1.72 bits per heavy atom. The number of alkyl halides is 3. The lowest BCUT2D eigenvalue weighted by Gasteiger charge is -2.10. The molecule has 54 heavy (non-hydrogen) atoms. The molecule has 2 aromatic carbocycles. The first-order valence-corrected chi connectivity index (χ1v) is 17.7. The molecule has 1 fully saturated rings. The van der Waals surface area contributed by atoms with E-state index in [2.05, 4.69) is 22.3 Å². The predicted molar refractivity (Wildman–Crippen MR) is 195 cm³/mol. The van der Waals surface area contributed by atoms with E-state index >= 15 is 0 Å². The number of methoxy groups -OCH3 is 1. The summed E-state index contributed by atoms with van der Waals surface area (Å²) in [6, 6.07) is 9.88. The molecule has 0 aliphatic heterocycles. The lowest BCUT2D eigenvalue weighted by Crippen LogP contribution is -2.31. The summed E-state index contributed by atoms with van der Waals surface area (Å²) < 4.78 is 58.4. The van der Waals surface area contributed by atoms with E-state index in [1.807, 2.05) is 19.1 Å². The minimum Gasteiger partial charge on any atom is -0.493 e. The van der Waals surface area contributed by atoms with Crippen molar-refractivity contribution in [3.05, 3.63) is 94.1 Å². The molecule has 296 valence electrons. The third-order valence-electron chi connectivity index (χ3n) is 7.75. The van der Waals surface area contributed by atoms with E-state index in [0.717, 1.165) is 25.0 Å². The van der Waals surface area contributed by atoms with Gasteiger partial charge in [-0.15, -0.1) is 10.1 Å². The van der Waals surface area contributed by atoms with Crippen molar-refractivity contribution in [1.29, 1.82) is 0 Å². The third-order valence-corrected chi connectivity index (χ3v) is 7.75. The molecule has 1 saturated carbocycles. The van der Waals surface area contributed by atoms with Crippen molar-refractivity contribution in [3.63, 3.8) is 0 Å². The van der Waals surface area contributed by atoms with E-state index in [1.54, 1.807) is 36.4 Å². The molecule has 1 aliphatic carbocycles. The Labute approximate surface area is 313 Å². The number of nitrogens with zero attached hydrogens (tertiary/aromatic N) is 1. The van der Waals surface area contributed by atoms with Gasteiger partial charge in [0.2, 0.25) is 5.91 Å². The zero-order valence-electron chi connectivity index (χ0n) is 30.6. The SMILES string of the molecule is C/C=C\CCCC(=O)NCC(=O)Oc1ccc(/C=C/COC(=O)CCCO[N+](=O)[O-])cc1OC.FC(F)(F)c1cccc(OCC/C=C/C2CCCC2)c1. The Morgan fingerprint density at radius 1 is 0.944 bits per heavy atom. The van der Waals surface area contributed by atoms with Gasteiger partial charge >= 0.3 is 18.1 Å². The average molecular weight is 763 g/mol. The molecule has 0 aromatic heterocycles. The van der Waals surface area contributed by atoms with Gasteiger partial charge in [0.25, 0.3) is 5.09 Å². The normalized spacial score (nSPS) is 13.1. The number of nitrogens with one attached hydrogen (secondary N) is 1. The van der Waals surface area contributed by atoms with E-state index in [-0.39, 0.29) is 50.0 Å². The Balaban J connectivity index is 0.000000425. The van der Waals surface area contributed by atoms with Gasteiger partial charge in [-0.2, -0.15) is 13.2 Å². The fourth-order valence-electron chi connectivity index (χ4n) is 5.04. The van der Waals surface area contributed by atoms with Crippen LogP contribution in [-0.2, 0) is 30.1 Å². The van der Waals surface area contributed by atoms with Crippen LogP contribution in [0.2, 0.25) is 0 Å². The quantitative estimate of drug-likeness (QED) is 0.0329. The molecule has 0 bridgehead atoms.